The summed E-state index contributed by atoms with van der Waals surface area (Å²) in [7, 11) is 0. The molecule has 1 heterocycles. The Bertz CT molecular complexity index is 244. The summed E-state index contributed by atoms with van der Waals surface area (Å²) < 4.78 is 0. The highest BCUT2D eigenvalue weighted by molar-refractivity contribution is 5.73. The number of carbonyl (C=O) groups is 2. The van der Waals surface area contributed by atoms with Gasteiger partial charge in [-0.15, -0.1) is 0 Å². The van der Waals surface area contributed by atoms with Crippen molar-refractivity contribution in [2.24, 2.45) is 0 Å². The summed E-state index contributed by atoms with van der Waals surface area (Å²) >= 11 is 0. The lowest BCUT2D eigenvalue weighted by Crippen LogP contribution is -2.30. The fourth-order valence-corrected chi connectivity index (χ4v) is 1.68. The first-order chi connectivity index (χ1) is 7.52. The van der Waals surface area contributed by atoms with Gasteiger partial charge in [0.05, 0.1) is 6.17 Å². The van der Waals surface area contributed by atoms with Crippen molar-refractivity contribution in [1.82, 2.24) is 20.7 Å². The van der Waals surface area contributed by atoms with E-state index in [1.807, 2.05) is 0 Å². The maximum atomic E-state index is 10.7. The number of rotatable bonds is 6. The molecule has 2 atom stereocenters. The molecule has 0 bridgehead atoms. The molecule has 92 valence electrons. The predicted octanol–water partition coefficient (Wildman–Crippen LogP) is -0.863. The smallest absolute Gasteiger partial charge is 0.216 e. The molecule has 16 heavy (non-hydrogen) atoms. The zero-order chi connectivity index (χ0) is 12.1. The molecule has 2 unspecified atom stereocenters. The minimum Gasteiger partial charge on any atom is -0.355 e. The predicted molar refractivity (Wildman–Crippen MR) is 60.2 cm³/mol. The monoisotopic (exact) mass is 228 g/mol. The van der Waals surface area contributed by atoms with E-state index in [2.05, 4.69) is 27.6 Å². The number of nitrogens with zero attached hydrogens (tertiary/aromatic N) is 2. The number of amides is 2. The van der Waals surface area contributed by atoms with Gasteiger partial charge in [-0.25, -0.2) is 10.0 Å². The van der Waals surface area contributed by atoms with E-state index in [1.165, 1.54) is 13.8 Å². The van der Waals surface area contributed by atoms with Gasteiger partial charge >= 0.3 is 0 Å². The van der Waals surface area contributed by atoms with Gasteiger partial charge in [0.25, 0.3) is 0 Å². The third-order valence-corrected chi connectivity index (χ3v) is 2.57. The van der Waals surface area contributed by atoms with E-state index in [4.69, 9.17) is 0 Å². The second kappa shape index (κ2) is 5.81. The van der Waals surface area contributed by atoms with E-state index in [9.17, 15) is 9.59 Å². The van der Waals surface area contributed by atoms with Crippen molar-refractivity contribution in [3.63, 3.8) is 0 Å². The number of carbonyl (C=O) groups excluding carboxylic acids is 2. The summed E-state index contributed by atoms with van der Waals surface area (Å²) in [5.74, 6) is -0.00130. The highest BCUT2D eigenvalue weighted by atomic mass is 16.2. The molecule has 0 spiro atoms. The SMILES string of the molecule is CC(=O)NCCN1C(C)N1CCNC(C)=O. The molecule has 1 saturated heterocycles. The summed E-state index contributed by atoms with van der Waals surface area (Å²) in [6.45, 7) is 8.09. The van der Waals surface area contributed by atoms with Crippen LogP contribution in [0.4, 0.5) is 0 Å². The molecule has 0 aromatic heterocycles. The molecule has 0 radical (unpaired) electrons. The van der Waals surface area contributed by atoms with Crippen molar-refractivity contribution in [3.8, 4) is 0 Å². The largest absolute Gasteiger partial charge is 0.355 e. The minimum atomic E-state index is -0.000649. The molecule has 2 N–H and O–H groups in total. The van der Waals surface area contributed by atoms with Gasteiger partial charge in [-0.1, -0.05) is 0 Å². The quantitative estimate of drug-likeness (QED) is 0.581. The number of hydrogen-bond donors (Lipinski definition) is 2. The van der Waals surface area contributed by atoms with E-state index < -0.39 is 0 Å². The lowest BCUT2D eigenvalue weighted by Gasteiger charge is -2.05. The molecule has 1 aliphatic rings. The molecule has 2 amide bonds. The summed E-state index contributed by atoms with van der Waals surface area (Å²) in [6.07, 6.45) is 0.405. The Kier molecular flexibility index (Phi) is 4.70. The van der Waals surface area contributed by atoms with Crippen molar-refractivity contribution >= 4 is 11.8 Å². The standard InChI is InChI=1S/C10H20N4O2/c1-8(15)11-4-6-13-10(3)14(13)7-5-12-9(2)16/h10H,4-7H2,1-3H3,(H,11,15)(H,12,16). The highest BCUT2D eigenvalue weighted by Crippen LogP contribution is 2.23. The van der Waals surface area contributed by atoms with Gasteiger partial charge in [0.1, 0.15) is 0 Å². The van der Waals surface area contributed by atoms with Gasteiger partial charge in [0.2, 0.25) is 11.8 Å². The van der Waals surface area contributed by atoms with Crippen LogP contribution in [-0.2, 0) is 9.59 Å². The number of nitrogens with one attached hydrogen (secondary N) is 2. The topological polar surface area (TPSA) is 64.2 Å². The van der Waals surface area contributed by atoms with Gasteiger partial charge in [0.15, 0.2) is 0 Å². The zero-order valence-corrected chi connectivity index (χ0v) is 10.1. The van der Waals surface area contributed by atoms with Crippen molar-refractivity contribution in [2.75, 3.05) is 26.2 Å². The molecule has 1 aliphatic heterocycles. The van der Waals surface area contributed by atoms with Crippen LogP contribution in [0.15, 0.2) is 0 Å². The zero-order valence-electron chi connectivity index (χ0n) is 10.1. The first-order valence-corrected chi connectivity index (χ1v) is 5.54. The average Bonchev–Trinajstić information content (AvgIpc) is 2.76. The van der Waals surface area contributed by atoms with Crippen LogP contribution in [0.2, 0.25) is 0 Å². The van der Waals surface area contributed by atoms with Gasteiger partial charge in [-0.3, -0.25) is 9.59 Å². The van der Waals surface area contributed by atoms with Crippen molar-refractivity contribution < 1.29 is 9.59 Å². The van der Waals surface area contributed by atoms with Crippen LogP contribution in [0.1, 0.15) is 20.8 Å². The molecule has 0 saturated carbocycles. The van der Waals surface area contributed by atoms with Crippen LogP contribution < -0.4 is 10.6 Å². The molecular formula is C10H20N4O2. The van der Waals surface area contributed by atoms with Crippen molar-refractivity contribution in [1.29, 1.82) is 0 Å². The summed E-state index contributed by atoms with van der Waals surface area (Å²) in [5.41, 5.74) is 0. The van der Waals surface area contributed by atoms with Crippen LogP contribution in [-0.4, -0.2) is 54.2 Å². The van der Waals surface area contributed by atoms with E-state index >= 15 is 0 Å². The minimum absolute atomic E-state index is 0.000649. The highest BCUT2D eigenvalue weighted by Gasteiger charge is 2.39. The first kappa shape index (κ1) is 12.9. The Hall–Kier alpha value is -1.14. The van der Waals surface area contributed by atoms with Crippen LogP contribution in [0.3, 0.4) is 0 Å². The molecule has 1 rings (SSSR count). The Balaban J connectivity index is 2.07. The second-order valence-electron chi connectivity index (χ2n) is 3.92. The van der Waals surface area contributed by atoms with Gasteiger partial charge in [-0.05, 0) is 6.92 Å². The van der Waals surface area contributed by atoms with Gasteiger partial charge < -0.3 is 10.6 Å². The summed E-state index contributed by atoms with van der Waals surface area (Å²) in [6, 6.07) is 0. The van der Waals surface area contributed by atoms with Crippen LogP contribution in [0.5, 0.6) is 0 Å². The molecule has 1 fully saturated rings. The van der Waals surface area contributed by atoms with Crippen molar-refractivity contribution in [3.05, 3.63) is 0 Å². The molecule has 0 aromatic rings. The molecule has 6 heteroatoms. The van der Waals surface area contributed by atoms with Crippen LogP contribution in [0, 0.1) is 0 Å². The third-order valence-electron chi connectivity index (χ3n) is 2.57. The summed E-state index contributed by atoms with van der Waals surface area (Å²) in [4.78, 5) is 21.3. The van der Waals surface area contributed by atoms with Crippen LogP contribution in [0.25, 0.3) is 0 Å². The number of hydrazine groups is 1. The van der Waals surface area contributed by atoms with E-state index in [1.54, 1.807) is 0 Å². The van der Waals surface area contributed by atoms with Crippen LogP contribution >= 0.6 is 0 Å². The maximum absolute atomic E-state index is 10.7. The molecular weight excluding hydrogens is 208 g/mol. The summed E-state index contributed by atoms with van der Waals surface area (Å²) in [5, 5.41) is 9.84. The second-order valence-corrected chi connectivity index (χ2v) is 3.92. The fourth-order valence-electron chi connectivity index (χ4n) is 1.68. The lowest BCUT2D eigenvalue weighted by atomic mass is 10.5. The average molecular weight is 228 g/mol. The van der Waals surface area contributed by atoms with E-state index in [0.29, 0.717) is 19.3 Å². The number of hydrogen-bond acceptors (Lipinski definition) is 4. The van der Waals surface area contributed by atoms with E-state index in [0.717, 1.165) is 13.1 Å². The molecule has 0 aliphatic carbocycles. The maximum Gasteiger partial charge on any atom is 0.216 e. The fraction of sp³-hybridized carbons (Fsp3) is 0.800. The first-order valence-electron chi connectivity index (χ1n) is 5.54. The van der Waals surface area contributed by atoms with Gasteiger partial charge in [0, 0.05) is 40.0 Å². The van der Waals surface area contributed by atoms with E-state index in [-0.39, 0.29) is 11.8 Å². The van der Waals surface area contributed by atoms with Crippen molar-refractivity contribution in [2.45, 2.75) is 26.9 Å². The Labute approximate surface area is 95.9 Å². The molecule has 0 aromatic carbocycles. The van der Waals surface area contributed by atoms with Gasteiger partial charge in [-0.2, -0.15) is 0 Å². The lowest BCUT2D eigenvalue weighted by molar-refractivity contribution is -0.119. The Morgan fingerprint density at radius 3 is 1.69 bits per heavy atom. The Morgan fingerprint density at radius 1 is 1.00 bits per heavy atom. The third kappa shape index (κ3) is 4.16. The normalized spacial score (nSPS) is 27.3. The molecule has 6 nitrogen and oxygen atoms in total. The Morgan fingerprint density at radius 2 is 1.38 bits per heavy atom.